The second kappa shape index (κ2) is 10.2. The highest BCUT2D eigenvalue weighted by atomic mass is 19.4. The lowest BCUT2D eigenvalue weighted by Crippen LogP contribution is -2.15. The van der Waals surface area contributed by atoms with Gasteiger partial charge in [0.15, 0.2) is 0 Å². The zero-order valence-corrected chi connectivity index (χ0v) is 20.8. The van der Waals surface area contributed by atoms with Crippen LogP contribution in [0, 0.1) is 0 Å². The second-order valence-electron chi connectivity index (χ2n) is 9.07. The molecular weight excluding hydrogens is 534 g/mol. The van der Waals surface area contributed by atoms with Gasteiger partial charge in [0.2, 0.25) is 0 Å². The van der Waals surface area contributed by atoms with E-state index >= 15 is 0 Å². The fourth-order valence-corrected chi connectivity index (χ4v) is 4.54. The molecule has 0 saturated heterocycles. The average molecular weight is 554 g/mol. The summed E-state index contributed by atoms with van der Waals surface area (Å²) in [6, 6.07) is 20.7. The normalized spacial score (nSPS) is 12.9. The van der Waals surface area contributed by atoms with Gasteiger partial charge in [0.1, 0.15) is 6.04 Å². The Morgan fingerprint density at radius 3 is 1.75 bits per heavy atom. The number of ether oxygens (including phenoxy) is 1. The lowest BCUT2D eigenvalue weighted by Gasteiger charge is -2.21. The Kier molecular flexibility index (Phi) is 6.87. The molecule has 0 spiro atoms. The molecule has 204 valence electrons. The first-order valence-corrected chi connectivity index (χ1v) is 12.0. The van der Waals surface area contributed by atoms with E-state index in [1.54, 1.807) is 53.3 Å². The Morgan fingerprint density at radius 2 is 1.23 bits per heavy atom. The Morgan fingerprint density at radius 1 is 0.725 bits per heavy atom. The van der Waals surface area contributed by atoms with E-state index in [1.807, 2.05) is 0 Å². The number of rotatable bonds is 5. The lowest BCUT2D eigenvalue weighted by atomic mass is 9.96. The maximum atomic E-state index is 13.2. The summed E-state index contributed by atoms with van der Waals surface area (Å²) in [6.45, 7) is 0. The molecule has 0 aliphatic carbocycles. The third kappa shape index (κ3) is 5.29. The molecule has 0 radical (unpaired) electrons. The summed E-state index contributed by atoms with van der Waals surface area (Å²) >= 11 is 0. The van der Waals surface area contributed by atoms with E-state index in [2.05, 4.69) is 5.10 Å². The lowest BCUT2D eigenvalue weighted by molar-refractivity contribution is -0.138. The van der Waals surface area contributed by atoms with Gasteiger partial charge in [-0.3, -0.25) is 4.68 Å². The van der Waals surface area contributed by atoms with Crippen LogP contribution in [0.1, 0.15) is 38.7 Å². The molecule has 1 atom stereocenters. The smallest absolute Gasteiger partial charge is 0.416 e. The number of alkyl halides is 6. The van der Waals surface area contributed by atoms with Gasteiger partial charge in [0.25, 0.3) is 0 Å². The van der Waals surface area contributed by atoms with Crippen molar-refractivity contribution < 1.29 is 35.9 Å². The van der Waals surface area contributed by atoms with Gasteiger partial charge in [-0.05, 0) is 70.8 Å². The van der Waals surface area contributed by atoms with Crippen LogP contribution in [0.15, 0.2) is 97.2 Å². The van der Waals surface area contributed by atoms with E-state index in [9.17, 15) is 31.1 Å². The van der Waals surface area contributed by atoms with Crippen molar-refractivity contribution in [2.45, 2.75) is 18.4 Å². The number of halogens is 6. The molecule has 1 unspecified atom stereocenters. The number of carbonyl (C=O) groups is 1. The van der Waals surface area contributed by atoms with Gasteiger partial charge in [-0.1, -0.05) is 42.5 Å². The van der Waals surface area contributed by atoms with E-state index in [0.29, 0.717) is 38.7 Å². The van der Waals surface area contributed by atoms with Crippen LogP contribution in [0.4, 0.5) is 26.3 Å². The molecule has 40 heavy (non-hydrogen) atoms. The van der Waals surface area contributed by atoms with Crippen molar-refractivity contribution in [2.75, 3.05) is 7.11 Å². The van der Waals surface area contributed by atoms with Gasteiger partial charge in [-0.2, -0.15) is 31.4 Å². The summed E-state index contributed by atoms with van der Waals surface area (Å²) < 4.78 is 84.9. The van der Waals surface area contributed by atoms with Crippen molar-refractivity contribution in [3.05, 3.63) is 125 Å². The van der Waals surface area contributed by atoms with Gasteiger partial charge in [-0.15, -0.1) is 0 Å². The molecule has 0 N–H and O–H groups in total. The monoisotopic (exact) mass is 554 g/mol. The van der Waals surface area contributed by atoms with Gasteiger partial charge >= 0.3 is 18.3 Å². The van der Waals surface area contributed by atoms with Crippen molar-refractivity contribution in [3.8, 4) is 11.1 Å². The summed E-state index contributed by atoms with van der Waals surface area (Å²) in [6.07, 6.45) is -7.35. The third-order valence-electron chi connectivity index (χ3n) is 6.59. The summed E-state index contributed by atoms with van der Waals surface area (Å²) in [5, 5.41) is 5.21. The number of fused-ring (bicyclic) bond motifs is 1. The molecule has 4 nitrogen and oxygen atoms in total. The molecule has 0 fully saturated rings. The molecule has 0 amide bonds. The van der Waals surface area contributed by atoms with Crippen molar-refractivity contribution in [2.24, 2.45) is 0 Å². The van der Waals surface area contributed by atoms with Gasteiger partial charge in [-0.25, -0.2) is 4.79 Å². The summed E-state index contributed by atoms with van der Waals surface area (Å²) in [7, 11) is 1.26. The quantitative estimate of drug-likeness (QED) is 0.163. The topological polar surface area (TPSA) is 44.1 Å². The first kappa shape index (κ1) is 27.0. The minimum Gasteiger partial charge on any atom is -0.465 e. The third-order valence-corrected chi connectivity index (χ3v) is 6.59. The molecule has 0 saturated carbocycles. The number of nitrogens with zero attached hydrogens (tertiary/aromatic N) is 2. The van der Waals surface area contributed by atoms with Gasteiger partial charge in [0.05, 0.1) is 35.5 Å². The Balaban J connectivity index is 1.57. The van der Waals surface area contributed by atoms with Crippen LogP contribution in [0.5, 0.6) is 0 Å². The van der Waals surface area contributed by atoms with E-state index in [0.717, 1.165) is 24.3 Å². The Hall–Kier alpha value is -4.60. The minimum absolute atomic E-state index is 0.309. The number of aromatic nitrogens is 2. The molecule has 10 heteroatoms. The maximum absolute atomic E-state index is 13.2. The number of hydrogen-bond donors (Lipinski definition) is 0. The highest BCUT2D eigenvalue weighted by Gasteiger charge is 2.31. The zero-order valence-electron chi connectivity index (χ0n) is 20.8. The van der Waals surface area contributed by atoms with Crippen molar-refractivity contribution in [3.63, 3.8) is 0 Å². The number of benzene rings is 4. The highest BCUT2D eigenvalue weighted by Crippen LogP contribution is 2.35. The predicted molar refractivity (Wildman–Crippen MR) is 137 cm³/mol. The van der Waals surface area contributed by atoms with Crippen LogP contribution < -0.4 is 0 Å². The van der Waals surface area contributed by atoms with Crippen molar-refractivity contribution in [1.29, 1.82) is 0 Å². The van der Waals surface area contributed by atoms with E-state index in [-0.39, 0.29) is 0 Å². The van der Waals surface area contributed by atoms with E-state index in [1.165, 1.54) is 31.4 Å². The number of hydrogen-bond acceptors (Lipinski definition) is 3. The molecule has 1 aromatic heterocycles. The van der Waals surface area contributed by atoms with Gasteiger partial charge < -0.3 is 4.74 Å². The average Bonchev–Trinajstić information content (AvgIpc) is 3.35. The molecular formula is C30H20F6N2O2. The zero-order chi connectivity index (χ0) is 28.7. The number of carbonyl (C=O) groups excluding carboxylic acids is 1. The Bertz CT molecular complexity index is 1650. The summed E-state index contributed by atoms with van der Waals surface area (Å²) in [5.41, 5.74) is 1.86. The van der Waals surface area contributed by atoms with E-state index in [4.69, 9.17) is 4.74 Å². The predicted octanol–water partition coefficient (Wildman–Crippen LogP) is 8.17. The summed E-state index contributed by atoms with van der Waals surface area (Å²) in [4.78, 5) is 11.9. The molecule has 4 aromatic carbocycles. The maximum Gasteiger partial charge on any atom is 0.416 e. The molecule has 5 rings (SSSR count). The minimum atomic E-state index is -4.50. The summed E-state index contributed by atoms with van der Waals surface area (Å²) in [5.74, 6) is -0.530. The highest BCUT2D eigenvalue weighted by molar-refractivity contribution is 5.89. The first-order chi connectivity index (χ1) is 19.0. The molecule has 0 aliphatic heterocycles. The van der Waals surface area contributed by atoms with Crippen LogP contribution in [0.2, 0.25) is 0 Å². The number of esters is 1. The fourth-order valence-electron chi connectivity index (χ4n) is 4.54. The molecule has 0 bridgehead atoms. The second-order valence-corrected chi connectivity index (χ2v) is 9.07. The fraction of sp³-hybridized carbons (Fsp3) is 0.133. The van der Waals surface area contributed by atoms with Crippen LogP contribution in [0.25, 0.3) is 22.0 Å². The number of methoxy groups -OCH3 is 1. The largest absolute Gasteiger partial charge is 0.465 e. The van der Waals surface area contributed by atoms with Crippen LogP contribution >= 0.6 is 0 Å². The van der Waals surface area contributed by atoms with Gasteiger partial charge in [0, 0.05) is 5.39 Å². The van der Waals surface area contributed by atoms with E-state index < -0.39 is 35.5 Å². The van der Waals surface area contributed by atoms with Crippen LogP contribution in [0.3, 0.4) is 0 Å². The van der Waals surface area contributed by atoms with Crippen LogP contribution in [-0.2, 0) is 17.1 Å². The van der Waals surface area contributed by atoms with Crippen LogP contribution in [-0.4, -0.2) is 22.9 Å². The molecule has 5 aromatic rings. The SMILES string of the molecule is COC(=O)c1ccc(C(c2ccc(C(F)(F)F)cc2)n2ncc3cc(-c4ccc(C(F)(F)F)cc4)ccc32)cc1. The first-order valence-electron chi connectivity index (χ1n) is 12.0. The molecule has 1 heterocycles. The Labute approximate surface area is 224 Å². The van der Waals surface area contributed by atoms with Crippen molar-refractivity contribution in [1.82, 2.24) is 9.78 Å². The molecule has 0 aliphatic rings. The van der Waals surface area contributed by atoms with Crippen molar-refractivity contribution >= 4 is 16.9 Å². The standard InChI is InChI=1S/C30H20F6N2O2/c1-40-28(39)21-4-2-19(3-5-21)27(20-8-13-25(14-9-20)30(34,35)36)38-26-15-10-22(16-23(26)17-37-38)18-6-11-24(12-7-18)29(31,32)33/h2-17,27H,1H3.